The number of carboxylic acids is 1. The third-order valence-corrected chi connectivity index (χ3v) is 4.96. The molecule has 1 aromatic carbocycles. The van der Waals surface area contributed by atoms with Crippen molar-refractivity contribution in [1.82, 2.24) is 4.90 Å². The Labute approximate surface area is 151 Å². The van der Waals surface area contributed by atoms with Crippen LogP contribution in [0.4, 0.5) is 4.39 Å². The number of piperidine rings is 1. The van der Waals surface area contributed by atoms with Gasteiger partial charge in [0.2, 0.25) is 5.91 Å². The fourth-order valence-corrected chi connectivity index (χ4v) is 3.45. The number of rotatable bonds is 5. The van der Waals surface area contributed by atoms with Crippen molar-refractivity contribution in [1.29, 1.82) is 0 Å². The summed E-state index contributed by atoms with van der Waals surface area (Å²) in [6, 6.07) is 9.86. The Bertz CT molecular complexity index is 801. The minimum absolute atomic E-state index is 0.00969. The van der Waals surface area contributed by atoms with E-state index >= 15 is 0 Å². The Morgan fingerprint density at radius 1 is 1.27 bits per heavy atom. The van der Waals surface area contributed by atoms with Gasteiger partial charge in [-0.3, -0.25) is 9.59 Å². The van der Waals surface area contributed by atoms with Crippen molar-refractivity contribution in [2.75, 3.05) is 13.1 Å². The standard InChI is InChI=1S/C20H22FNO4/c1-13-12-22(11-10-15(13)20(24)25)19(23)9-7-14-6-8-18(26-14)16-4-2-3-5-17(16)21/h2-6,8,13,15H,7,9-12H2,1H3,(H,24,25). The first-order valence-electron chi connectivity index (χ1n) is 8.80. The second-order valence-corrected chi connectivity index (χ2v) is 6.80. The Kier molecular flexibility index (Phi) is 5.40. The van der Waals surface area contributed by atoms with Crippen molar-refractivity contribution < 1.29 is 23.5 Å². The van der Waals surface area contributed by atoms with E-state index in [0.717, 1.165) is 0 Å². The molecule has 6 heteroatoms. The lowest BCUT2D eigenvalue weighted by atomic mass is 9.87. The third-order valence-electron chi connectivity index (χ3n) is 4.96. The van der Waals surface area contributed by atoms with Crippen LogP contribution in [0.15, 0.2) is 40.8 Å². The van der Waals surface area contributed by atoms with Gasteiger partial charge in [0.15, 0.2) is 0 Å². The maximum absolute atomic E-state index is 13.8. The number of furan rings is 1. The lowest BCUT2D eigenvalue weighted by Crippen LogP contribution is -2.45. The molecule has 1 aliphatic rings. The summed E-state index contributed by atoms with van der Waals surface area (Å²) in [6.45, 7) is 2.80. The highest BCUT2D eigenvalue weighted by Crippen LogP contribution is 2.26. The molecule has 1 aliphatic heterocycles. The number of hydrogen-bond donors (Lipinski definition) is 1. The van der Waals surface area contributed by atoms with Crippen LogP contribution in [0.1, 0.15) is 25.5 Å². The Hall–Kier alpha value is -2.63. The summed E-state index contributed by atoms with van der Waals surface area (Å²) in [5.74, 6) is -0.509. The van der Waals surface area contributed by atoms with E-state index in [2.05, 4.69) is 0 Å². The lowest BCUT2D eigenvalue weighted by molar-refractivity contribution is -0.148. The zero-order chi connectivity index (χ0) is 18.7. The Morgan fingerprint density at radius 3 is 2.73 bits per heavy atom. The van der Waals surface area contributed by atoms with Gasteiger partial charge in [0.1, 0.15) is 17.3 Å². The monoisotopic (exact) mass is 359 g/mol. The van der Waals surface area contributed by atoms with Crippen molar-refractivity contribution in [3.63, 3.8) is 0 Å². The van der Waals surface area contributed by atoms with Crippen LogP contribution in [0, 0.1) is 17.7 Å². The van der Waals surface area contributed by atoms with E-state index in [1.54, 1.807) is 35.2 Å². The lowest BCUT2D eigenvalue weighted by Gasteiger charge is -2.35. The molecule has 5 nitrogen and oxygen atoms in total. The van der Waals surface area contributed by atoms with Gasteiger partial charge in [-0.15, -0.1) is 0 Å². The molecule has 0 aliphatic carbocycles. The molecular weight excluding hydrogens is 337 g/mol. The van der Waals surface area contributed by atoms with Crippen molar-refractivity contribution in [3.8, 4) is 11.3 Å². The first-order valence-corrected chi connectivity index (χ1v) is 8.80. The topological polar surface area (TPSA) is 70.8 Å². The molecule has 2 heterocycles. The zero-order valence-electron chi connectivity index (χ0n) is 14.7. The predicted octanol–water partition coefficient (Wildman–Crippen LogP) is 3.59. The van der Waals surface area contributed by atoms with Crippen LogP contribution in [0.25, 0.3) is 11.3 Å². The average Bonchev–Trinajstić information content (AvgIpc) is 3.08. The number of aryl methyl sites for hydroxylation is 1. The SMILES string of the molecule is CC1CN(C(=O)CCc2ccc(-c3ccccc3F)o2)CCC1C(=O)O. The molecule has 0 bridgehead atoms. The van der Waals surface area contributed by atoms with E-state index in [4.69, 9.17) is 9.52 Å². The Morgan fingerprint density at radius 2 is 2.04 bits per heavy atom. The molecule has 138 valence electrons. The molecule has 2 atom stereocenters. The summed E-state index contributed by atoms with van der Waals surface area (Å²) >= 11 is 0. The van der Waals surface area contributed by atoms with Crippen molar-refractivity contribution >= 4 is 11.9 Å². The molecule has 1 amide bonds. The maximum Gasteiger partial charge on any atom is 0.306 e. The maximum atomic E-state index is 13.8. The van der Waals surface area contributed by atoms with Gasteiger partial charge in [0.05, 0.1) is 11.5 Å². The number of likely N-dealkylation sites (tertiary alicyclic amines) is 1. The fourth-order valence-electron chi connectivity index (χ4n) is 3.45. The predicted molar refractivity (Wildman–Crippen MR) is 93.9 cm³/mol. The number of carbonyl (C=O) groups excluding carboxylic acids is 1. The summed E-state index contributed by atoms with van der Waals surface area (Å²) in [5, 5.41) is 9.16. The van der Waals surface area contributed by atoms with Gasteiger partial charge in [0, 0.05) is 25.9 Å². The van der Waals surface area contributed by atoms with Crippen LogP contribution in [0.3, 0.4) is 0 Å². The molecule has 1 aromatic heterocycles. The van der Waals surface area contributed by atoms with Crippen molar-refractivity contribution in [2.45, 2.75) is 26.2 Å². The number of carbonyl (C=O) groups is 2. The molecule has 0 spiro atoms. The molecule has 0 saturated carbocycles. The second kappa shape index (κ2) is 7.72. The van der Waals surface area contributed by atoms with Crippen LogP contribution < -0.4 is 0 Å². The molecule has 26 heavy (non-hydrogen) atoms. The van der Waals surface area contributed by atoms with Crippen molar-refractivity contribution in [3.05, 3.63) is 48.0 Å². The average molecular weight is 359 g/mol. The minimum atomic E-state index is -0.791. The normalized spacial score (nSPS) is 20.2. The van der Waals surface area contributed by atoms with Crippen LogP contribution in [-0.4, -0.2) is 35.0 Å². The fraction of sp³-hybridized carbons (Fsp3) is 0.400. The van der Waals surface area contributed by atoms with Gasteiger partial charge >= 0.3 is 5.97 Å². The summed E-state index contributed by atoms with van der Waals surface area (Å²) in [5.41, 5.74) is 0.398. The Balaban J connectivity index is 1.56. The minimum Gasteiger partial charge on any atom is -0.481 e. The van der Waals surface area contributed by atoms with Crippen LogP contribution in [0.2, 0.25) is 0 Å². The molecule has 0 radical (unpaired) electrons. The number of benzene rings is 1. The van der Waals surface area contributed by atoms with Crippen LogP contribution >= 0.6 is 0 Å². The number of hydrogen-bond acceptors (Lipinski definition) is 3. The second-order valence-electron chi connectivity index (χ2n) is 6.80. The van der Waals surface area contributed by atoms with Crippen molar-refractivity contribution in [2.24, 2.45) is 11.8 Å². The van der Waals surface area contributed by atoms with E-state index in [-0.39, 0.29) is 30.0 Å². The third kappa shape index (κ3) is 3.95. The highest BCUT2D eigenvalue weighted by atomic mass is 19.1. The smallest absolute Gasteiger partial charge is 0.306 e. The molecule has 2 unspecified atom stereocenters. The van der Waals surface area contributed by atoms with E-state index < -0.39 is 5.97 Å². The summed E-state index contributed by atoms with van der Waals surface area (Å²) in [4.78, 5) is 25.3. The highest BCUT2D eigenvalue weighted by molar-refractivity contribution is 5.77. The van der Waals surface area contributed by atoms with E-state index in [9.17, 15) is 14.0 Å². The van der Waals surface area contributed by atoms with Gasteiger partial charge in [-0.25, -0.2) is 4.39 Å². The molecule has 2 aromatic rings. The van der Waals surface area contributed by atoms with Gasteiger partial charge < -0.3 is 14.4 Å². The summed E-state index contributed by atoms with van der Waals surface area (Å²) in [6.07, 6.45) is 1.20. The molecule has 1 fully saturated rings. The first-order chi connectivity index (χ1) is 12.5. The van der Waals surface area contributed by atoms with E-state index in [1.807, 2.05) is 6.92 Å². The quantitative estimate of drug-likeness (QED) is 0.886. The van der Waals surface area contributed by atoms with E-state index in [1.165, 1.54) is 6.07 Å². The molecule has 1 N–H and O–H groups in total. The highest BCUT2D eigenvalue weighted by Gasteiger charge is 2.32. The van der Waals surface area contributed by atoms with Gasteiger partial charge in [-0.2, -0.15) is 0 Å². The van der Waals surface area contributed by atoms with Crippen LogP contribution in [0.5, 0.6) is 0 Å². The summed E-state index contributed by atoms with van der Waals surface area (Å²) < 4.78 is 19.5. The number of nitrogens with zero attached hydrogens (tertiary/aromatic N) is 1. The van der Waals surface area contributed by atoms with Crippen LogP contribution in [-0.2, 0) is 16.0 Å². The van der Waals surface area contributed by atoms with Gasteiger partial charge in [-0.1, -0.05) is 19.1 Å². The van der Waals surface area contributed by atoms with E-state index in [0.29, 0.717) is 43.0 Å². The van der Waals surface area contributed by atoms with Gasteiger partial charge in [0.25, 0.3) is 0 Å². The molecule has 1 saturated heterocycles. The molecular formula is C20H22FNO4. The number of amides is 1. The number of halogens is 1. The first kappa shape index (κ1) is 18.2. The number of carboxylic acid groups (broad SMARTS) is 1. The summed E-state index contributed by atoms with van der Waals surface area (Å²) in [7, 11) is 0. The van der Waals surface area contributed by atoms with Gasteiger partial charge in [-0.05, 0) is 36.6 Å². The molecule has 3 rings (SSSR count). The largest absolute Gasteiger partial charge is 0.481 e. The number of aliphatic carboxylic acids is 1. The zero-order valence-corrected chi connectivity index (χ0v) is 14.7.